The number of thioether (sulfide) groups is 1. The molecule has 1 N–H and O–H groups in total. The number of carbonyl (C=O) groups excluding carboxylic acids is 1. The number of aromatic amines is 1. The van der Waals surface area contributed by atoms with Crippen LogP contribution in [0, 0.1) is 11.3 Å². The fourth-order valence-corrected chi connectivity index (χ4v) is 2.86. The first-order valence-corrected chi connectivity index (χ1v) is 8.47. The molecule has 23 heavy (non-hydrogen) atoms. The number of hydrogen-bond acceptors (Lipinski definition) is 6. The Bertz CT molecular complexity index is 687. The van der Waals surface area contributed by atoms with Crippen LogP contribution in [0.15, 0.2) is 28.0 Å². The third-order valence-electron chi connectivity index (χ3n) is 3.54. The zero-order valence-electron chi connectivity index (χ0n) is 12.6. The Morgan fingerprint density at radius 2 is 2.43 bits per heavy atom. The standard InChI is InChI=1S/C15H17N5O2S/c16-6-2-7-20(9-12-3-1-8-22-12)13(21)10-23-15-17-14(18-19-15)11-4-5-11/h1,3,8,11H,2,4-5,7,9-10H2,(H,17,18,19). The van der Waals surface area contributed by atoms with Crippen LogP contribution >= 0.6 is 11.8 Å². The van der Waals surface area contributed by atoms with Crippen molar-refractivity contribution in [3.05, 3.63) is 30.0 Å². The Labute approximate surface area is 138 Å². The third-order valence-corrected chi connectivity index (χ3v) is 4.38. The number of amides is 1. The number of nitrogens with zero attached hydrogens (tertiary/aromatic N) is 4. The summed E-state index contributed by atoms with van der Waals surface area (Å²) in [6.45, 7) is 0.757. The second-order valence-corrected chi connectivity index (χ2v) is 6.31. The van der Waals surface area contributed by atoms with Gasteiger partial charge in [0.2, 0.25) is 11.1 Å². The Morgan fingerprint density at radius 3 is 3.13 bits per heavy atom. The molecular weight excluding hydrogens is 314 g/mol. The molecule has 0 radical (unpaired) electrons. The number of furan rings is 1. The number of nitrogens with one attached hydrogen (secondary N) is 1. The van der Waals surface area contributed by atoms with Gasteiger partial charge in [-0.3, -0.25) is 9.89 Å². The van der Waals surface area contributed by atoms with Crippen molar-refractivity contribution >= 4 is 17.7 Å². The fraction of sp³-hybridized carbons (Fsp3) is 0.467. The molecule has 1 saturated carbocycles. The molecule has 0 bridgehead atoms. The van der Waals surface area contributed by atoms with Crippen molar-refractivity contribution in [1.29, 1.82) is 5.26 Å². The second kappa shape index (κ2) is 7.33. The molecule has 2 heterocycles. The predicted octanol–water partition coefficient (Wildman–Crippen LogP) is 2.31. The van der Waals surface area contributed by atoms with Crippen molar-refractivity contribution in [2.45, 2.75) is 36.9 Å². The quantitative estimate of drug-likeness (QED) is 0.745. The molecule has 0 spiro atoms. The highest BCUT2D eigenvalue weighted by Gasteiger charge is 2.27. The number of aromatic nitrogens is 3. The third kappa shape index (κ3) is 4.36. The molecule has 2 aromatic heterocycles. The molecule has 7 nitrogen and oxygen atoms in total. The molecule has 120 valence electrons. The maximum atomic E-state index is 12.4. The summed E-state index contributed by atoms with van der Waals surface area (Å²) in [5, 5.41) is 16.4. The van der Waals surface area contributed by atoms with Crippen molar-refractivity contribution in [2.75, 3.05) is 12.3 Å². The summed E-state index contributed by atoms with van der Waals surface area (Å²) in [6.07, 6.45) is 4.18. The van der Waals surface area contributed by atoms with E-state index in [0.29, 0.717) is 36.3 Å². The van der Waals surface area contributed by atoms with Crippen molar-refractivity contribution in [3.63, 3.8) is 0 Å². The van der Waals surface area contributed by atoms with Gasteiger partial charge in [-0.05, 0) is 25.0 Å². The molecule has 1 amide bonds. The van der Waals surface area contributed by atoms with E-state index in [9.17, 15) is 4.79 Å². The molecule has 0 aromatic carbocycles. The molecule has 1 fully saturated rings. The van der Waals surface area contributed by atoms with E-state index in [2.05, 4.69) is 21.3 Å². The number of carbonyl (C=O) groups is 1. The Kier molecular flexibility index (Phi) is 4.98. The lowest BCUT2D eigenvalue weighted by atomic mass is 10.3. The van der Waals surface area contributed by atoms with Crippen molar-refractivity contribution in [1.82, 2.24) is 20.1 Å². The lowest BCUT2D eigenvalue weighted by Crippen LogP contribution is -2.32. The highest BCUT2D eigenvalue weighted by Crippen LogP contribution is 2.38. The van der Waals surface area contributed by atoms with E-state index in [0.717, 1.165) is 18.7 Å². The van der Waals surface area contributed by atoms with Gasteiger partial charge in [-0.2, -0.15) is 5.26 Å². The van der Waals surface area contributed by atoms with Crippen LogP contribution in [-0.4, -0.2) is 38.3 Å². The Hall–Kier alpha value is -2.27. The lowest BCUT2D eigenvalue weighted by molar-refractivity contribution is -0.129. The van der Waals surface area contributed by atoms with Gasteiger partial charge in [0, 0.05) is 12.5 Å². The van der Waals surface area contributed by atoms with Gasteiger partial charge in [0.05, 0.1) is 31.1 Å². The molecule has 1 aliphatic rings. The van der Waals surface area contributed by atoms with Gasteiger partial charge >= 0.3 is 0 Å². The fourth-order valence-electron chi connectivity index (χ4n) is 2.15. The molecule has 0 saturated heterocycles. The van der Waals surface area contributed by atoms with Gasteiger partial charge in [0.1, 0.15) is 11.6 Å². The number of nitriles is 1. The summed E-state index contributed by atoms with van der Waals surface area (Å²) in [6, 6.07) is 5.67. The van der Waals surface area contributed by atoms with E-state index in [1.54, 1.807) is 17.2 Å². The molecule has 2 aromatic rings. The normalized spacial score (nSPS) is 13.7. The first kappa shape index (κ1) is 15.6. The average Bonchev–Trinajstić information content (AvgIpc) is 3.09. The maximum Gasteiger partial charge on any atom is 0.233 e. The second-order valence-electron chi connectivity index (χ2n) is 5.37. The number of H-pyrrole nitrogens is 1. The average molecular weight is 331 g/mol. The van der Waals surface area contributed by atoms with E-state index in [1.165, 1.54) is 11.8 Å². The molecule has 1 aliphatic carbocycles. The minimum atomic E-state index is -0.0561. The van der Waals surface area contributed by atoms with Crippen LogP contribution in [0.4, 0.5) is 0 Å². The van der Waals surface area contributed by atoms with Gasteiger partial charge in [-0.25, -0.2) is 4.98 Å². The molecule has 0 aliphatic heterocycles. The van der Waals surface area contributed by atoms with Crippen LogP contribution in [0.5, 0.6) is 0 Å². The molecule has 8 heteroatoms. The van der Waals surface area contributed by atoms with Crippen LogP contribution in [0.1, 0.15) is 36.8 Å². The first-order chi connectivity index (χ1) is 11.3. The molecule has 0 atom stereocenters. The summed E-state index contributed by atoms with van der Waals surface area (Å²) in [4.78, 5) is 18.4. The number of hydrogen-bond donors (Lipinski definition) is 1. The highest BCUT2D eigenvalue weighted by atomic mass is 32.2. The monoisotopic (exact) mass is 331 g/mol. The smallest absolute Gasteiger partial charge is 0.233 e. The molecule has 0 unspecified atom stereocenters. The molecular formula is C15H17N5O2S. The zero-order chi connectivity index (χ0) is 16.1. The lowest BCUT2D eigenvalue weighted by Gasteiger charge is -2.19. The van der Waals surface area contributed by atoms with Gasteiger partial charge in [0.15, 0.2) is 0 Å². The summed E-state index contributed by atoms with van der Waals surface area (Å²) >= 11 is 1.31. The predicted molar refractivity (Wildman–Crippen MR) is 83.4 cm³/mol. The summed E-state index contributed by atoms with van der Waals surface area (Å²) in [5.74, 6) is 2.32. The largest absolute Gasteiger partial charge is 0.467 e. The van der Waals surface area contributed by atoms with E-state index in [-0.39, 0.29) is 11.7 Å². The minimum absolute atomic E-state index is 0.0561. The van der Waals surface area contributed by atoms with Crippen molar-refractivity contribution in [3.8, 4) is 6.07 Å². The minimum Gasteiger partial charge on any atom is -0.467 e. The number of rotatable bonds is 8. The zero-order valence-corrected chi connectivity index (χ0v) is 13.4. The van der Waals surface area contributed by atoms with Gasteiger partial charge in [0.25, 0.3) is 0 Å². The first-order valence-electron chi connectivity index (χ1n) is 7.48. The van der Waals surface area contributed by atoms with Gasteiger partial charge in [-0.1, -0.05) is 11.8 Å². The van der Waals surface area contributed by atoms with Crippen molar-refractivity contribution < 1.29 is 9.21 Å². The summed E-state index contributed by atoms with van der Waals surface area (Å²) in [7, 11) is 0. The van der Waals surface area contributed by atoms with E-state index in [1.807, 2.05) is 6.07 Å². The van der Waals surface area contributed by atoms with Crippen LogP contribution in [-0.2, 0) is 11.3 Å². The van der Waals surface area contributed by atoms with Crippen LogP contribution < -0.4 is 0 Å². The van der Waals surface area contributed by atoms with E-state index < -0.39 is 0 Å². The van der Waals surface area contributed by atoms with Gasteiger partial charge in [-0.15, -0.1) is 5.10 Å². The maximum absolute atomic E-state index is 12.4. The summed E-state index contributed by atoms with van der Waals surface area (Å²) in [5.41, 5.74) is 0. The highest BCUT2D eigenvalue weighted by molar-refractivity contribution is 7.99. The Balaban J connectivity index is 1.54. The Morgan fingerprint density at radius 1 is 1.57 bits per heavy atom. The van der Waals surface area contributed by atoms with Crippen LogP contribution in [0.25, 0.3) is 0 Å². The van der Waals surface area contributed by atoms with Crippen LogP contribution in [0.3, 0.4) is 0 Å². The molecule has 3 rings (SSSR count). The summed E-state index contributed by atoms with van der Waals surface area (Å²) < 4.78 is 5.28. The van der Waals surface area contributed by atoms with Gasteiger partial charge < -0.3 is 9.32 Å². The van der Waals surface area contributed by atoms with Crippen molar-refractivity contribution in [2.24, 2.45) is 0 Å². The van der Waals surface area contributed by atoms with Crippen LogP contribution in [0.2, 0.25) is 0 Å². The topological polar surface area (TPSA) is 98.8 Å². The van der Waals surface area contributed by atoms with E-state index in [4.69, 9.17) is 9.68 Å². The van der Waals surface area contributed by atoms with E-state index >= 15 is 0 Å². The SMILES string of the molecule is N#CCCN(Cc1ccco1)C(=O)CSc1n[nH]c(C2CC2)n1.